The van der Waals surface area contributed by atoms with Gasteiger partial charge in [-0.15, -0.1) is 0 Å². The Bertz CT molecular complexity index is 988. The van der Waals surface area contributed by atoms with Gasteiger partial charge in [0, 0.05) is 12.3 Å². The lowest BCUT2D eigenvalue weighted by molar-refractivity contribution is -0.424. The second-order valence-electron chi connectivity index (χ2n) is 10.2. The summed E-state index contributed by atoms with van der Waals surface area (Å²) in [6.07, 6.45) is -7.87. The fourth-order valence-electron chi connectivity index (χ4n) is 6.87. The number of hydrogen-bond donors (Lipinski definition) is 5. The monoisotopic (exact) mass is 480 g/mol. The van der Waals surface area contributed by atoms with E-state index in [1.54, 1.807) is 37.3 Å². The van der Waals surface area contributed by atoms with Gasteiger partial charge in [-0.3, -0.25) is 0 Å². The van der Waals surface area contributed by atoms with E-state index in [1.807, 2.05) is 0 Å². The van der Waals surface area contributed by atoms with Gasteiger partial charge in [0.05, 0.1) is 17.6 Å². The van der Waals surface area contributed by atoms with Crippen molar-refractivity contribution in [2.75, 3.05) is 13.2 Å². The minimum absolute atomic E-state index is 0.0902. The molecule has 3 saturated carbocycles. The van der Waals surface area contributed by atoms with Crippen LogP contribution in [0.15, 0.2) is 30.3 Å². The van der Waals surface area contributed by atoms with Gasteiger partial charge in [-0.05, 0) is 25.5 Å². The molecule has 0 radical (unpaired) electrons. The molecule has 4 heterocycles. The van der Waals surface area contributed by atoms with E-state index >= 15 is 0 Å². The maximum atomic E-state index is 12.7. The fraction of sp³-hybridized carbons (Fsp3) is 0.696. The first-order chi connectivity index (χ1) is 16.1. The topological polar surface area (TPSA) is 164 Å². The van der Waals surface area contributed by atoms with Crippen LogP contribution in [0.25, 0.3) is 0 Å². The minimum atomic E-state index is -1.61. The van der Waals surface area contributed by atoms with E-state index in [-0.39, 0.29) is 19.4 Å². The van der Waals surface area contributed by atoms with Gasteiger partial charge in [0.1, 0.15) is 42.2 Å². The summed E-state index contributed by atoms with van der Waals surface area (Å²) in [5.41, 5.74) is -2.99. The highest BCUT2D eigenvalue weighted by Crippen LogP contribution is 2.81. The van der Waals surface area contributed by atoms with E-state index in [0.29, 0.717) is 5.56 Å². The van der Waals surface area contributed by atoms with Crippen molar-refractivity contribution in [2.45, 2.75) is 73.8 Å². The molecule has 34 heavy (non-hydrogen) atoms. The third-order valence-electron chi connectivity index (χ3n) is 8.57. The highest BCUT2D eigenvalue weighted by Gasteiger charge is 2.94. The predicted molar refractivity (Wildman–Crippen MR) is 109 cm³/mol. The van der Waals surface area contributed by atoms with E-state index < -0.39 is 77.9 Å². The first kappa shape index (κ1) is 22.8. The minimum Gasteiger partial charge on any atom is -0.461 e. The fourth-order valence-corrected chi connectivity index (χ4v) is 6.87. The van der Waals surface area contributed by atoms with Crippen molar-refractivity contribution >= 4 is 5.97 Å². The van der Waals surface area contributed by atoms with Crippen LogP contribution in [0.3, 0.4) is 0 Å². The lowest BCUT2D eigenvalue weighted by atomic mass is 9.41. The number of aliphatic hydroxyl groups excluding tert-OH is 4. The van der Waals surface area contributed by atoms with Crippen molar-refractivity contribution in [3.63, 3.8) is 0 Å². The number of esters is 1. The van der Waals surface area contributed by atoms with E-state index in [0.717, 1.165) is 0 Å². The van der Waals surface area contributed by atoms with Gasteiger partial charge in [-0.25, -0.2) is 4.79 Å². The highest BCUT2D eigenvalue weighted by atomic mass is 16.8. The quantitative estimate of drug-likeness (QED) is 0.306. The Kier molecular flexibility index (Phi) is 4.81. The molecule has 0 amide bonds. The maximum absolute atomic E-state index is 12.7. The third kappa shape index (κ3) is 2.59. The first-order valence-corrected chi connectivity index (χ1v) is 11.4. The molecule has 7 aliphatic rings. The summed E-state index contributed by atoms with van der Waals surface area (Å²) in [6.45, 7) is 0.985. The van der Waals surface area contributed by atoms with E-state index in [1.165, 1.54) is 0 Å². The van der Waals surface area contributed by atoms with Crippen LogP contribution in [0, 0.1) is 11.3 Å². The van der Waals surface area contributed by atoms with Gasteiger partial charge in [0.15, 0.2) is 18.4 Å². The van der Waals surface area contributed by atoms with Gasteiger partial charge in [0.25, 0.3) is 0 Å². The molecular formula is C23H28O11. The highest BCUT2D eigenvalue weighted by molar-refractivity contribution is 5.89. The Hall–Kier alpha value is -1.67. The van der Waals surface area contributed by atoms with Crippen molar-refractivity contribution < 1.29 is 54.0 Å². The zero-order valence-corrected chi connectivity index (χ0v) is 18.4. The molecule has 4 aliphatic heterocycles. The number of benzene rings is 1. The summed E-state index contributed by atoms with van der Waals surface area (Å²) in [7, 11) is 0. The molecule has 11 atom stereocenters. The van der Waals surface area contributed by atoms with Crippen LogP contribution in [0.5, 0.6) is 0 Å². The van der Waals surface area contributed by atoms with Crippen molar-refractivity contribution in [3.8, 4) is 0 Å². The summed E-state index contributed by atoms with van der Waals surface area (Å²) in [6, 6.07) is 8.47. The van der Waals surface area contributed by atoms with E-state index in [4.69, 9.17) is 23.7 Å². The van der Waals surface area contributed by atoms with Gasteiger partial charge in [0.2, 0.25) is 0 Å². The Labute approximate surface area is 194 Å². The molecule has 5 N–H and O–H groups in total. The largest absolute Gasteiger partial charge is 0.461 e. The Morgan fingerprint density at radius 3 is 2.56 bits per heavy atom. The molecule has 0 spiro atoms. The SMILES string of the molecule is C[C@@]12C[C@]3(O)O[C@H](O1)[C@@]1(COC(=O)c4ccccc4)[C@H]3C[C@@]12O[C@@H]1O[C@H](CO)[C@@H](O)[C@H](O)[C@H]1O. The van der Waals surface area contributed by atoms with Crippen LogP contribution in [-0.2, 0) is 23.7 Å². The van der Waals surface area contributed by atoms with Crippen molar-refractivity contribution in [3.05, 3.63) is 35.9 Å². The number of ether oxygens (including phenoxy) is 5. The molecule has 1 aromatic rings. The van der Waals surface area contributed by atoms with Crippen LogP contribution >= 0.6 is 0 Å². The second-order valence-corrected chi connectivity index (χ2v) is 10.2. The number of aliphatic hydroxyl groups is 5. The molecule has 0 aromatic heterocycles. The number of rotatable bonds is 6. The molecule has 3 aliphatic carbocycles. The predicted octanol–water partition coefficient (Wildman–Crippen LogP) is -1.36. The van der Waals surface area contributed by atoms with Crippen LogP contribution < -0.4 is 0 Å². The molecule has 4 saturated heterocycles. The molecule has 7 fully saturated rings. The van der Waals surface area contributed by atoms with Crippen molar-refractivity contribution in [1.82, 2.24) is 0 Å². The summed E-state index contributed by atoms with van der Waals surface area (Å²) in [5, 5.41) is 51.7. The lowest BCUT2D eigenvalue weighted by Gasteiger charge is -2.67. The van der Waals surface area contributed by atoms with Crippen LogP contribution in [-0.4, -0.2) is 98.7 Å². The molecule has 0 unspecified atom stereocenters. The Morgan fingerprint density at radius 1 is 1.12 bits per heavy atom. The number of hydrogen-bond acceptors (Lipinski definition) is 11. The Balaban J connectivity index is 1.32. The molecule has 1 aromatic carbocycles. The first-order valence-electron chi connectivity index (χ1n) is 11.4. The van der Waals surface area contributed by atoms with Gasteiger partial charge >= 0.3 is 5.97 Å². The van der Waals surface area contributed by atoms with Crippen LogP contribution in [0.1, 0.15) is 30.1 Å². The third-order valence-corrected chi connectivity index (χ3v) is 8.57. The summed E-state index contributed by atoms with van der Waals surface area (Å²) in [5.74, 6) is -2.49. The zero-order chi connectivity index (χ0) is 24.1. The summed E-state index contributed by atoms with van der Waals surface area (Å²) >= 11 is 0. The number of carbonyl (C=O) groups is 1. The number of carbonyl (C=O) groups excluding carboxylic acids is 1. The van der Waals surface area contributed by atoms with Crippen LogP contribution in [0.4, 0.5) is 0 Å². The molecule has 8 rings (SSSR count). The molecule has 11 heteroatoms. The smallest absolute Gasteiger partial charge is 0.338 e. The molecule has 6 bridgehead atoms. The molecule has 186 valence electrons. The molecule has 11 nitrogen and oxygen atoms in total. The maximum Gasteiger partial charge on any atom is 0.338 e. The van der Waals surface area contributed by atoms with E-state index in [9.17, 15) is 30.3 Å². The van der Waals surface area contributed by atoms with Crippen molar-refractivity contribution in [2.24, 2.45) is 11.3 Å². The summed E-state index contributed by atoms with van der Waals surface area (Å²) in [4.78, 5) is 12.7. The normalized spacial score (nSPS) is 52.5. The lowest BCUT2D eigenvalue weighted by Crippen LogP contribution is -2.80. The second kappa shape index (κ2) is 7.19. The average Bonchev–Trinajstić information content (AvgIpc) is 3.00. The molecular weight excluding hydrogens is 452 g/mol. The van der Waals surface area contributed by atoms with Gasteiger partial charge in [-0.1, -0.05) is 18.2 Å². The Morgan fingerprint density at radius 2 is 1.85 bits per heavy atom. The van der Waals surface area contributed by atoms with Crippen LogP contribution in [0.2, 0.25) is 0 Å². The standard InChI is InChI=1S/C23H28O11/c1-20-9-22(29)13-7-23(20,32-18-16(27)15(26)14(25)12(8-24)31-18)21(13,19(33-20)34-22)10-30-17(28)11-5-3-2-4-6-11/h2-6,12-16,18-19,24-27,29H,7-10H2,1H3/t12-,13-,14-,15+,16-,18+,19+,20+,21-,22+,23+/m1/s1. The zero-order valence-electron chi connectivity index (χ0n) is 18.4. The van der Waals surface area contributed by atoms with Gasteiger partial charge in [-0.2, -0.15) is 0 Å². The van der Waals surface area contributed by atoms with Gasteiger partial charge < -0.3 is 49.2 Å². The van der Waals surface area contributed by atoms with E-state index in [2.05, 4.69) is 0 Å². The average molecular weight is 480 g/mol. The summed E-state index contributed by atoms with van der Waals surface area (Å²) < 4.78 is 29.7. The van der Waals surface area contributed by atoms with Crippen molar-refractivity contribution in [1.29, 1.82) is 0 Å².